The van der Waals surface area contributed by atoms with Crippen LogP contribution >= 0.6 is 11.8 Å². The topological polar surface area (TPSA) is 35.6 Å². The first kappa shape index (κ1) is 16.7. The van der Waals surface area contributed by atoms with Crippen LogP contribution in [0.3, 0.4) is 0 Å². The highest BCUT2D eigenvalue weighted by molar-refractivity contribution is 8.00. The van der Waals surface area contributed by atoms with Gasteiger partial charge in [0.2, 0.25) is 5.91 Å². The quantitative estimate of drug-likeness (QED) is 0.898. The number of amides is 1. The molecule has 2 heterocycles. The molecule has 1 amide bonds. The minimum Gasteiger partial charge on any atom is -0.360 e. The van der Waals surface area contributed by atoms with Crippen molar-refractivity contribution in [2.24, 2.45) is 0 Å². The molecule has 1 aromatic rings. The van der Waals surface area contributed by atoms with Crippen LogP contribution in [0.15, 0.2) is 29.2 Å². The van der Waals surface area contributed by atoms with Crippen LogP contribution in [0.5, 0.6) is 0 Å². The van der Waals surface area contributed by atoms with E-state index in [9.17, 15) is 4.79 Å². The second kappa shape index (κ2) is 8.06. The minimum atomic E-state index is 0.135. The molecule has 1 fully saturated rings. The van der Waals surface area contributed by atoms with Gasteiger partial charge in [-0.05, 0) is 38.1 Å². The minimum absolute atomic E-state index is 0.135. The summed E-state index contributed by atoms with van der Waals surface area (Å²) in [5.74, 6) is 0.135. The summed E-state index contributed by atoms with van der Waals surface area (Å²) in [5, 5.41) is 3.61. The number of carbonyl (C=O) groups excluding carboxylic acids is 1. The second-order valence-corrected chi connectivity index (χ2v) is 8.01. The van der Waals surface area contributed by atoms with E-state index in [0.717, 1.165) is 19.6 Å². The Morgan fingerprint density at radius 1 is 1.26 bits per heavy atom. The fraction of sp³-hybridized carbons (Fsp3) is 0.611. The molecule has 0 aromatic heterocycles. The largest absolute Gasteiger partial charge is 0.360 e. The van der Waals surface area contributed by atoms with Gasteiger partial charge < -0.3 is 15.1 Å². The molecule has 5 heteroatoms. The van der Waals surface area contributed by atoms with Crippen molar-refractivity contribution in [3.05, 3.63) is 24.3 Å². The smallest absolute Gasteiger partial charge is 0.239 e. The van der Waals surface area contributed by atoms with Gasteiger partial charge in [-0.1, -0.05) is 25.5 Å². The first-order valence-corrected chi connectivity index (χ1v) is 9.60. The van der Waals surface area contributed by atoms with Crippen molar-refractivity contribution in [3.8, 4) is 0 Å². The zero-order chi connectivity index (χ0) is 16.1. The van der Waals surface area contributed by atoms with E-state index >= 15 is 0 Å². The number of hydrogen-bond donors (Lipinski definition) is 1. The Labute approximate surface area is 143 Å². The van der Waals surface area contributed by atoms with Gasteiger partial charge >= 0.3 is 0 Å². The van der Waals surface area contributed by atoms with Gasteiger partial charge in [-0.15, -0.1) is 11.8 Å². The summed E-state index contributed by atoms with van der Waals surface area (Å²) in [6.45, 7) is 7.73. The van der Waals surface area contributed by atoms with Gasteiger partial charge in [0, 0.05) is 29.8 Å². The number of nitrogens with zero attached hydrogens (tertiary/aromatic N) is 2. The molecule has 1 atom stereocenters. The predicted octanol–water partition coefficient (Wildman–Crippen LogP) is 2.59. The number of benzene rings is 1. The molecule has 2 aliphatic rings. The first-order valence-electron chi connectivity index (χ1n) is 8.72. The Bertz CT molecular complexity index is 531. The van der Waals surface area contributed by atoms with E-state index in [-0.39, 0.29) is 5.91 Å². The molecule has 3 rings (SSSR count). The van der Waals surface area contributed by atoms with Crippen LogP contribution in [0, 0.1) is 0 Å². The van der Waals surface area contributed by atoms with E-state index in [1.807, 2.05) is 11.8 Å². The first-order chi connectivity index (χ1) is 11.2. The molecule has 0 bridgehead atoms. The normalized spacial score (nSPS) is 21.8. The number of fused-ring (bicyclic) bond motifs is 1. The van der Waals surface area contributed by atoms with Gasteiger partial charge in [-0.25, -0.2) is 0 Å². The van der Waals surface area contributed by atoms with Crippen LogP contribution in [0.4, 0.5) is 5.69 Å². The lowest BCUT2D eigenvalue weighted by Crippen LogP contribution is -2.44. The average Bonchev–Trinajstić information content (AvgIpc) is 2.55. The Hall–Kier alpha value is -1.20. The third-order valence-electron chi connectivity index (χ3n) is 4.54. The number of thioether (sulfide) groups is 1. The van der Waals surface area contributed by atoms with Gasteiger partial charge in [0.15, 0.2) is 0 Å². The Morgan fingerprint density at radius 3 is 2.87 bits per heavy atom. The van der Waals surface area contributed by atoms with E-state index < -0.39 is 0 Å². The third kappa shape index (κ3) is 4.64. The summed E-state index contributed by atoms with van der Waals surface area (Å²) in [4.78, 5) is 18.2. The van der Waals surface area contributed by atoms with E-state index in [2.05, 4.69) is 46.3 Å². The summed E-state index contributed by atoms with van der Waals surface area (Å²) in [6, 6.07) is 8.39. The highest BCUT2D eigenvalue weighted by Gasteiger charge is 2.23. The molecular weight excluding hydrogens is 306 g/mol. The lowest BCUT2D eigenvalue weighted by atomic mass is 10.1. The van der Waals surface area contributed by atoms with Crippen LogP contribution in [-0.4, -0.2) is 55.3 Å². The molecule has 1 saturated heterocycles. The van der Waals surface area contributed by atoms with Crippen molar-refractivity contribution in [1.82, 2.24) is 10.2 Å². The van der Waals surface area contributed by atoms with Gasteiger partial charge in [0.05, 0.1) is 12.2 Å². The average molecular weight is 334 g/mol. The maximum Gasteiger partial charge on any atom is 0.239 e. The molecule has 2 aliphatic heterocycles. The van der Waals surface area contributed by atoms with Gasteiger partial charge in [0.1, 0.15) is 0 Å². The molecule has 0 radical (unpaired) electrons. The summed E-state index contributed by atoms with van der Waals surface area (Å²) in [7, 11) is 0. The third-order valence-corrected chi connectivity index (χ3v) is 5.70. The van der Waals surface area contributed by atoms with Crippen molar-refractivity contribution >= 4 is 23.4 Å². The molecule has 126 valence electrons. The van der Waals surface area contributed by atoms with E-state index in [0.29, 0.717) is 11.8 Å². The Kier molecular flexibility index (Phi) is 5.84. The van der Waals surface area contributed by atoms with Gasteiger partial charge in [-0.2, -0.15) is 0 Å². The van der Waals surface area contributed by atoms with Gasteiger partial charge in [-0.3, -0.25) is 4.79 Å². The van der Waals surface area contributed by atoms with Crippen LogP contribution in [0.2, 0.25) is 0 Å². The highest BCUT2D eigenvalue weighted by atomic mass is 32.2. The van der Waals surface area contributed by atoms with Crippen molar-refractivity contribution in [3.63, 3.8) is 0 Å². The molecule has 0 aliphatic carbocycles. The lowest BCUT2D eigenvalue weighted by Gasteiger charge is -2.33. The number of nitrogens with one attached hydrogen (secondary N) is 1. The van der Waals surface area contributed by atoms with E-state index in [1.165, 1.54) is 42.9 Å². The maximum atomic E-state index is 12.3. The Balaban J connectivity index is 1.48. The molecule has 0 spiro atoms. The summed E-state index contributed by atoms with van der Waals surface area (Å²) < 4.78 is 0. The van der Waals surface area contributed by atoms with Crippen molar-refractivity contribution in [2.75, 3.05) is 44.2 Å². The van der Waals surface area contributed by atoms with Crippen molar-refractivity contribution < 1.29 is 4.79 Å². The summed E-state index contributed by atoms with van der Waals surface area (Å²) in [5.41, 5.74) is 1.20. The van der Waals surface area contributed by atoms with Crippen LogP contribution in [0.25, 0.3) is 0 Å². The van der Waals surface area contributed by atoms with Gasteiger partial charge in [0.25, 0.3) is 0 Å². The Morgan fingerprint density at radius 2 is 2.04 bits per heavy atom. The van der Waals surface area contributed by atoms with Crippen LogP contribution < -0.4 is 10.2 Å². The molecule has 4 nitrogen and oxygen atoms in total. The molecule has 23 heavy (non-hydrogen) atoms. The van der Waals surface area contributed by atoms with E-state index in [4.69, 9.17) is 0 Å². The number of carbonyl (C=O) groups is 1. The zero-order valence-corrected chi connectivity index (χ0v) is 14.8. The molecule has 0 unspecified atom stereocenters. The molecular formula is C18H27N3OS. The number of para-hydroxylation sites is 1. The molecule has 0 saturated carbocycles. The summed E-state index contributed by atoms with van der Waals surface area (Å²) >= 11 is 1.90. The number of piperidine rings is 1. The highest BCUT2D eigenvalue weighted by Crippen LogP contribution is 2.37. The standard InChI is InChI=1S/C18H27N3OS/c1-15-13-21(16-7-3-4-8-17(16)23-15)14-18(22)19-9-12-20-10-5-2-6-11-20/h3-4,7-8,15H,2,5-6,9-14H2,1H3,(H,19,22)/t15-/m1/s1. The SMILES string of the molecule is C[C@@H]1CN(CC(=O)NCCN2CCCCC2)c2ccccc2S1. The van der Waals surface area contributed by atoms with Crippen LogP contribution in [-0.2, 0) is 4.79 Å². The summed E-state index contributed by atoms with van der Waals surface area (Å²) in [6.07, 6.45) is 3.95. The number of rotatable bonds is 5. The fourth-order valence-corrected chi connectivity index (χ4v) is 4.56. The monoisotopic (exact) mass is 333 g/mol. The van der Waals surface area contributed by atoms with Crippen molar-refractivity contribution in [2.45, 2.75) is 36.3 Å². The number of hydrogen-bond acceptors (Lipinski definition) is 4. The predicted molar refractivity (Wildman–Crippen MR) is 97.3 cm³/mol. The number of likely N-dealkylation sites (tertiary alicyclic amines) is 1. The zero-order valence-electron chi connectivity index (χ0n) is 14.0. The van der Waals surface area contributed by atoms with Crippen LogP contribution in [0.1, 0.15) is 26.2 Å². The second-order valence-electron chi connectivity index (χ2n) is 6.53. The molecule has 1 aromatic carbocycles. The molecule has 1 N–H and O–H groups in total. The fourth-order valence-electron chi connectivity index (χ4n) is 3.40. The number of anilines is 1. The maximum absolute atomic E-state index is 12.3. The van der Waals surface area contributed by atoms with Crippen molar-refractivity contribution in [1.29, 1.82) is 0 Å². The van der Waals surface area contributed by atoms with E-state index in [1.54, 1.807) is 0 Å². The lowest BCUT2D eigenvalue weighted by molar-refractivity contribution is -0.119.